The van der Waals surface area contributed by atoms with E-state index in [9.17, 15) is 23.3 Å². The normalized spacial score (nSPS) is 22.3. The van der Waals surface area contributed by atoms with Gasteiger partial charge in [-0.1, -0.05) is 18.2 Å². The van der Waals surface area contributed by atoms with Crippen LogP contribution in [0.1, 0.15) is 12.8 Å². The lowest BCUT2D eigenvalue weighted by molar-refractivity contribution is -0.428. The van der Waals surface area contributed by atoms with Crippen LogP contribution >= 0.6 is 0 Å². The topological polar surface area (TPSA) is 120 Å². The highest BCUT2D eigenvalue weighted by molar-refractivity contribution is 7.93. The third-order valence-corrected chi connectivity index (χ3v) is 5.78. The molecule has 0 heterocycles. The molecule has 0 saturated carbocycles. The molecule has 0 aliphatic heterocycles. The van der Waals surface area contributed by atoms with Crippen LogP contribution in [0.25, 0.3) is 0 Å². The van der Waals surface area contributed by atoms with Gasteiger partial charge in [-0.15, -0.1) is 0 Å². The number of benzene rings is 1. The quantitative estimate of drug-likeness (QED) is 0.645. The Morgan fingerprint density at radius 2 is 1.90 bits per heavy atom. The summed E-state index contributed by atoms with van der Waals surface area (Å²) in [4.78, 5) is 21.8. The third-order valence-electron chi connectivity index (χ3n) is 3.35. The van der Waals surface area contributed by atoms with Crippen molar-refractivity contribution in [2.45, 2.75) is 22.5 Å². The first-order valence-electron chi connectivity index (χ1n) is 5.78. The molecule has 1 aliphatic rings. The summed E-state index contributed by atoms with van der Waals surface area (Å²) in [7, 11) is -4.28. The number of nitro groups is 1. The van der Waals surface area contributed by atoms with Crippen molar-refractivity contribution in [3.63, 3.8) is 0 Å². The number of hydrogen-bond donors (Lipinski definition) is 1. The number of nitrogens with zero attached hydrogens (tertiary/aromatic N) is 1. The fourth-order valence-corrected chi connectivity index (χ4v) is 4.38. The Balaban J connectivity index is 2.71. The molecule has 0 bridgehead atoms. The molecule has 1 atom stereocenters. The molecule has 1 unspecified atom stereocenters. The van der Waals surface area contributed by atoms with Crippen molar-refractivity contribution >= 4 is 15.7 Å². The van der Waals surface area contributed by atoms with Gasteiger partial charge in [0.2, 0.25) is 20.5 Å². The molecule has 2 rings (SSSR count). The molecule has 2 N–H and O–H groups in total. The molecule has 1 aromatic carbocycles. The van der Waals surface area contributed by atoms with Crippen molar-refractivity contribution in [2.24, 2.45) is 5.73 Å². The maximum absolute atomic E-state index is 12.7. The van der Waals surface area contributed by atoms with Crippen molar-refractivity contribution in [1.82, 2.24) is 0 Å². The number of rotatable bonds is 4. The van der Waals surface area contributed by atoms with Crippen molar-refractivity contribution in [1.29, 1.82) is 0 Å². The second kappa shape index (κ2) is 4.71. The molecule has 1 aromatic rings. The van der Waals surface area contributed by atoms with Gasteiger partial charge in [0, 0.05) is 0 Å². The molecule has 0 fully saturated rings. The molecule has 106 valence electrons. The summed E-state index contributed by atoms with van der Waals surface area (Å²) < 4.78 is 23.0. The monoisotopic (exact) mass is 296 g/mol. The van der Waals surface area contributed by atoms with Crippen LogP contribution in [0.3, 0.4) is 0 Å². The predicted molar refractivity (Wildman–Crippen MR) is 69.9 cm³/mol. The highest BCUT2D eigenvalue weighted by Crippen LogP contribution is 2.41. The van der Waals surface area contributed by atoms with Gasteiger partial charge in [0.15, 0.2) is 0 Å². The van der Waals surface area contributed by atoms with Crippen LogP contribution < -0.4 is 5.73 Å². The SMILES string of the molecule is NC(=O)C1(S(=O)(=O)c2ccccc2)CCC=C1[N+](=O)[O-]. The number of hydrogen-bond acceptors (Lipinski definition) is 5. The minimum atomic E-state index is -4.28. The zero-order valence-corrected chi connectivity index (χ0v) is 11.2. The van der Waals surface area contributed by atoms with Crippen LogP contribution in [-0.4, -0.2) is 24.0 Å². The van der Waals surface area contributed by atoms with E-state index in [0.29, 0.717) is 0 Å². The molecule has 7 nitrogen and oxygen atoms in total. The number of nitrogens with two attached hydrogens (primary N) is 1. The van der Waals surface area contributed by atoms with Crippen LogP contribution in [0.15, 0.2) is 47.0 Å². The highest BCUT2D eigenvalue weighted by Gasteiger charge is 2.61. The molecule has 20 heavy (non-hydrogen) atoms. The van der Waals surface area contributed by atoms with Gasteiger partial charge in [-0.25, -0.2) is 8.42 Å². The molecule has 0 radical (unpaired) electrons. The summed E-state index contributed by atoms with van der Waals surface area (Å²) in [6, 6.07) is 7.14. The van der Waals surface area contributed by atoms with Crippen molar-refractivity contribution in [3.05, 3.63) is 52.2 Å². The summed E-state index contributed by atoms with van der Waals surface area (Å²) in [6.07, 6.45) is 1.05. The van der Waals surface area contributed by atoms with Gasteiger partial charge in [-0.2, -0.15) is 0 Å². The van der Waals surface area contributed by atoms with Crippen LogP contribution in [0.2, 0.25) is 0 Å². The minimum Gasteiger partial charge on any atom is -0.368 e. The van der Waals surface area contributed by atoms with Crippen molar-refractivity contribution in [3.8, 4) is 0 Å². The molecule has 0 aromatic heterocycles. The molecule has 8 heteroatoms. The predicted octanol–water partition coefficient (Wildman–Crippen LogP) is 0.639. The van der Waals surface area contributed by atoms with Gasteiger partial charge in [0.1, 0.15) is 0 Å². The van der Waals surface area contributed by atoms with E-state index in [1.807, 2.05) is 0 Å². The van der Waals surface area contributed by atoms with E-state index in [0.717, 1.165) is 6.08 Å². The first kappa shape index (κ1) is 14.2. The second-order valence-corrected chi connectivity index (χ2v) is 6.57. The Labute approximate surface area is 115 Å². The minimum absolute atomic E-state index is 0.116. The van der Waals surface area contributed by atoms with E-state index < -0.39 is 31.1 Å². The number of primary amides is 1. The summed E-state index contributed by atoms with van der Waals surface area (Å²) in [5.41, 5.74) is 4.56. The van der Waals surface area contributed by atoms with Gasteiger partial charge >= 0.3 is 0 Å². The maximum Gasteiger partial charge on any atom is 0.273 e. The summed E-state index contributed by atoms with van der Waals surface area (Å²) in [6.45, 7) is 0. The Kier molecular flexibility index (Phi) is 3.34. The van der Waals surface area contributed by atoms with Crippen molar-refractivity contribution < 1.29 is 18.1 Å². The van der Waals surface area contributed by atoms with E-state index in [1.54, 1.807) is 6.07 Å². The number of carbonyl (C=O) groups excluding carboxylic acids is 1. The molecular weight excluding hydrogens is 284 g/mol. The number of sulfone groups is 1. The Morgan fingerprint density at radius 3 is 2.40 bits per heavy atom. The summed E-state index contributed by atoms with van der Waals surface area (Å²) >= 11 is 0. The highest BCUT2D eigenvalue weighted by atomic mass is 32.2. The van der Waals surface area contributed by atoms with Crippen molar-refractivity contribution in [2.75, 3.05) is 0 Å². The molecule has 1 aliphatic carbocycles. The zero-order valence-electron chi connectivity index (χ0n) is 10.4. The van der Waals surface area contributed by atoms with Crippen LogP contribution in [0.4, 0.5) is 0 Å². The fraction of sp³-hybridized carbons (Fsp3) is 0.250. The first-order valence-corrected chi connectivity index (χ1v) is 7.27. The van der Waals surface area contributed by atoms with E-state index >= 15 is 0 Å². The lowest BCUT2D eigenvalue weighted by Gasteiger charge is -2.23. The smallest absolute Gasteiger partial charge is 0.273 e. The average molecular weight is 296 g/mol. The fourth-order valence-electron chi connectivity index (χ4n) is 2.38. The van der Waals surface area contributed by atoms with E-state index in [-0.39, 0.29) is 17.7 Å². The van der Waals surface area contributed by atoms with Gasteiger partial charge in [-0.05, 0) is 31.1 Å². The number of carbonyl (C=O) groups is 1. The van der Waals surface area contributed by atoms with Gasteiger partial charge in [0.25, 0.3) is 5.70 Å². The molecule has 0 saturated heterocycles. The zero-order chi connectivity index (χ0) is 15.0. The van der Waals surface area contributed by atoms with Crippen LogP contribution in [0.5, 0.6) is 0 Å². The van der Waals surface area contributed by atoms with Gasteiger partial charge < -0.3 is 5.73 Å². The third kappa shape index (κ3) is 1.80. The molecular formula is C12H12N2O5S. The number of amides is 1. The standard InChI is InChI=1S/C12H12N2O5S/c13-11(15)12(8-4-7-10(12)14(16)17)20(18,19)9-5-2-1-3-6-9/h1-3,5-7H,4,8H2,(H2,13,15). The first-order chi connectivity index (χ1) is 9.34. The summed E-state index contributed by atoms with van der Waals surface area (Å²) in [5.74, 6) is -1.22. The van der Waals surface area contributed by atoms with Gasteiger partial charge in [0.05, 0.1) is 9.82 Å². The Bertz CT molecular complexity index is 696. The largest absolute Gasteiger partial charge is 0.368 e. The Hall–Kier alpha value is -2.22. The second-order valence-electron chi connectivity index (χ2n) is 4.39. The Morgan fingerprint density at radius 1 is 1.30 bits per heavy atom. The lowest BCUT2D eigenvalue weighted by Crippen LogP contribution is -2.51. The van der Waals surface area contributed by atoms with E-state index in [4.69, 9.17) is 5.73 Å². The summed E-state index contributed by atoms with van der Waals surface area (Å²) in [5, 5.41) is 11.1. The van der Waals surface area contributed by atoms with E-state index in [1.165, 1.54) is 24.3 Å². The van der Waals surface area contributed by atoms with Crippen LogP contribution in [0, 0.1) is 10.1 Å². The van der Waals surface area contributed by atoms with Gasteiger partial charge in [-0.3, -0.25) is 14.9 Å². The van der Waals surface area contributed by atoms with E-state index in [2.05, 4.69) is 0 Å². The molecule has 0 spiro atoms. The lowest BCUT2D eigenvalue weighted by atomic mass is 10.1. The average Bonchev–Trinajstić information content (AvgIpc) is 2.86. The number of allylic oxidation sites excluding steroid dienone is 1. The maximum atomic E-state index is 12.7. The van der Waals surface area contributed by atoms with Crippen LogP contribution in [-0.2, 0) is 14.6 Å². The molecule has 1 amide bonds.